The number of nitrogens with zero attached hydrogens (tertiary/aromatic N) is 1. The Kier molecular flexibility index (Phi) is 11.7. The van der Waals surface area contributed by atoms with Crippen molar-refractivity contribution in [3.8, 4) is 0 Å². The first-order valence-corrected chi connectivity index (χ1v) is 10.3. The lowest BCUT2D eigenvalue weighted by molar-refractivity contribution is -0.110. The van der Waals surface area contributed by atoms with Crippen LogP contribution in [-0.2, 0) is 9.59 Å². The van der Waals surface area contributed by atoms with Gasteiger partial charge in [-0.25, -0.2) is 0 Å². The van der Waals surface area contributed by atoms with Gasteiger partial charge >= 0.3 is 0 Å². The van der Waals surface area contributed by atoms with Gasteiger partial charge in [0.15, 0.2) is 10.2 Å². The molecule has 0 aromatic carbocycles. The number of carbonyl (C=O) groups is 2. The summed E-state index contributed by atoms with van der Waals surface area (Å²) < 4.78 is 0. The summed E-state index contributed by atoms with van der Waals surface area (Å²) in [5.41, 5.74) is 5.78. The smallest absolute Gasteiger partial charge is 0.167 e. The Morgan fingerprint density at radius 2 is 1.59 bits per heavy atom. The van der Waals surface area contributed by atoms with Gasteiger partial charge < -0.3 is 30.9 Å². The van der Waals surface area contributed by atoms with Crippen LogP contribution in [0.25, 0.3) is 0 Å². The fourth-order valence-corrected chi connectivity index (χ4v) is 3.07. The number of hydrogen-bond donors (Lipinski definition) is 3. The van der Waals surface area contributed by atoms with Crippen molar-refractivity contribution >= 4 is 47.2 Å². The number of aldehydes is 2. The highest BCUT2D eigenvalue weighted by atomic mass is 32.1. The summed E-state index contributed by atoms with van der Waals surface area (Å²) in [7, 11) is 0. The molecule has 0 saturated carbocycles. The van der Waals surface area contributed by atoms with Crippen molar-refractivity contribution in [2.75, 3.05) is 13.1 Å². The summed E-state index contributed by atoms with van der Waals surface area (Å²) in [5, 5.41) is 7.32. The van der Waals surface area contributed by atoms with Gasteiger partial charge in [0.1, 0.15) is 18.7 Å². The highest BCUT2D eigenvalue weighted by Crippen LogP contribution is 2.24. The van der Waals surface area contributed by atoms with Crippen molar-refractivity contribution in [3.63, 3.8) is 0 Å². The summed E-state index contributed by atoms with van der Waals surface area (Å²) >= 11 is 10.6. The maximum atomic E-state index is 10.8. The van der Waals surface area contributed by atoms with E-state index in [1.807, 2.05) is 11.8 Å². The standard InChI is InChI=1S/C19H36N4O2S2/c1-6-15(22-17(27)21-11-7-18(2,3)9-13-24)23(16(20)26)12-8-19(4,5)10-14-25/h13-15H,6-12H2,1-5H3,(H2,20,26)(H2,21,22,27). The minimum Gasteiger partial charge on any atom is -0.376 e. The second kappa shape index (κ2) is 12.2. The van der Waals surface area contributed by atoms with Crippen LogP contribution in [0.15, 0.2) is 0 Å². The predicted octanol–water partition coefficient (Wildman–Crippen LogP) is 2.74. The average Bonchev–Trinajstić information content (AvgIpc) is 2.53. The van der Waals surface area contributed by atoms with Crippen LogP contribution in [0.5, 0.6) is 0 Å². The number of carbonyl (C=O) groups excluding carboxylic acids is 2. The van der Waals surface area contributed by atoms with Crippen molar-refractivity contribution in [3.05, 3.63) is 0 Å². The van der Waals surface area contributed by atoms with Crippen molar-refractivity contribution < 1.29 is 9.59 Å². The molecule has 1 unspecified atom stereocenters. The van der Waals surface area contributed by atoms with E-state index in [9.17, 15) is 9.59 Å². The second-order valence-electron chi connectivity index (χ2n) is 8.43. The number of hydrogen-bond acceptors (Lipinski definition) is 4. The van der Waals surface area contributed by atoms with Gasteiger partial charge in [0, 0.05) is 25.9 Å². The first kappa shape index (κ1) is 25.7. The Morgan fingerprint density at radius 1 is 1.07 bits per heavy atom. The summed E-state index contributed by atoms with van der Waals surface area (Å²) in [5.74, 6) is 0. The molecule has 0 aliphatic rings. The van der Waals surface area contributed by atoms with E-state index < -0.39 is 0 Å². The molecule has 1 atom stereocenters. The number of nitrogens with two attached hydrogens (primary N) is 1. The minimum atomic E-state index is -0.113. The molecule has 0 aliphatic carbocycles. The molecule has 0 fully saturated rings. The molecule has 0 heterocycles. The number of rotatable bonds is 13. The minimum absolute atomic E-state index is 0.0520. The van der Waals surface area contributed by atoms with Crippen molar-refractivity contribution in [2.24, 2.45) is 16.6 Å². The molecule has 156 valence electrons. The zero-order chi connectivity index (χ0) is 21.1. The van der Waals surface area contributed by atoms with E-state index in [0.29, 0.717) is 36.2 Å². The molecular weight excluding hydrogens is 380 g/mol. The fraction of sp³-hybridized carbons (Fsp3) is 0.789. The first-order valence-electron chi connectivity index (χ1n) is 9.45. The lowest BCUT2D eigenvalue weighted by atomic mass is 9.86. The van der Waals surface area contributed by atoms with Crippen LogP contribution in [0.3, 0.4) is 0 Å². The van der Waals surface area contributed by atoms with E-state index in [2.05, 4.69) is 38.3 Å². The van der Waals surface area contributed by atoms with Gasteiger partial charge in [0.2, 0.25) is 0 Å². The van der Waals surface area contributed by atoms with Crippen molar-refractivity contribution in [1.29, 1.82) is 0 Å². The van der Waals surface area contributed by atoms with Crippen LogP contribution in [0.4, 0.5) is 0 Å². The molecule has 0 radical (unpaired) electrons. The summed E-state index contributed by atoms with van der Waals surface area (Å²) in [6, 6.07) is 0. The molecule has 0 aromatic rings. The second-order valence-corrected chi connectivity index (χ2v) is 9.25. The van der Waals surface area contributed by atoms with E-state index in [0.717, 1.165) is 31.8 Å². The van der Waals surface area contributed by atoms with E-state index in [-0.39, 0.29) is 17.0 Å². The quantitative estimate of drug-likeness (QED) is 0.240. The molecule has 0 rings (SSSR count). The number of nitrogens with one attached hydrogen (secondary N) is 2. The zero-order valence-corrected chi connectivity index (χ0v) is 19.0. The van der Waals surface area contributed by atoms with Crippen LogP contribution >= 0.6 is 24.4 Å². The average molecular weight is 417 g/mol. The van der Waals surface area contributed by atoms with Gasteiger partial charge in [-0.3, -0.25) is 0 Å². The maximum Gasteiger partial charge on any atom is 0.167 e. The van der Waals surface area contributed by atoms with Gasteiger partial charge in [-0.05, 0) is 54.5 Å². The zero-order valence-electron chi connectivity index (χ0n) is 17.3. The molecule has 0 aromatic heterocycles. The predicted molar refractivity (Wildman–Crippen MR) is 119 cm³/mol. The number of thiocarbonyl (C=S) groups is 2. The molecule has 27 heavy (non-hydrogen) atoms. The van der Waals surface area contributed by atoms with Crippen molar-refractivity contribution in [2.45, 2.75) is 72.9 Å². The van der Waals surface area contributed by atoms with E-state index in [1.165, 1.54) is 0 Å². The summed E-state index contributed by atoms with van der Waals surface area (Å²) in [4.78, 5) is 23.5. The van der Waals surface area contributed by atoms with Gasteiger partial charge in [0.05, 0.1) is 0 Å². The first-order chi connectivity index (χ1) is 12.5. The molecule has 0 aliphatic heterocycles. The third-order valence-corrected chi connectivity index (χ3v) is 5.23. The van der Waals surface area contributed by atoms with E-state index in [4.69, 9.17) is 30.2 Å². The summed E-state index contributed by atoms with van der Waals surface area (Å²) in [6.07, 6.45) is 5.21. The highest BCUT2D eigenvalue weighted by molar-refractivity contribution is 7.80. The third kappa shape index (κ3) is 11.2. The molecule has 6 nitrogen and oxygen atoms in total. The van der Waals surface area contributed by atoms with Crippen LogP contribution in [0.1, 0.15) is 66.7 Å². The Labute approximate surface area is 175 Å². The fourth-order valence-electron chi connectivity index (χ4n) is 2.62. The van der Waals surface area contributed by atoms with Crippen LogP contribution in [0.2, 0.25) is 0 Å². The van der Waals surface area contributed by atoms with Crippen LogP contribution in [-0.4, -0.2) is 47.0 Å². The maximum absolute atomic E-state index is 10.8. The molecule has 0 spiro atoms. The highest BCUT2D eigenvalue weighted by Gasteiger charge is 2.24. The Bertz CT molecular complexity index is 510. The molecule has 0 bridgehead atoms. The molecule has 0 saturated heterocycles. The molecule has 0 amide bonds. The largest absolute Gasteiger partial charge is 0.376 e. The van der Waals surface area contributed by atoms with Gasteiger partial charge in [-0.15, -0.1) is 0 Å². The third-order valence-electron chi connectivity index (χ3n) is 4.73. The van der Waals surface area contributed by atoms with E-state index >= 15 is 0 Å². The van der Waals surface area contributed by atoms with Crippen molar-refractivity contribution in [1.82, 2.24) is 15.5 Å². The lowest BCUT2D eigenvalue weighted by Gasteiger charge is -2.35. The monoisotopic (exact) mass is 416 g/mol. The van der Waals surface area contributed by atoms with Gasteiger partial charge in [-0.1, -0.05) is 34.6 Å². The Balaban J connectivity index is 4.69. The van der Waals surface area contributed by atoms with Crippen LogP contribution in [0, 0.1) is 10.8 Å². The van der Waals surface area contributed by atoms with Gasteiger partial charge in [-0.2, -0.15) is 0 Å². The molecular formula is C19H36N4O2S2. The molecule has 4 N–H and O–H groups in total. The topological polar surface area (TPSA) is 87.5 Å². The SMILES string of the molecule is CCC(NC(=S)NCCC(C)(C)CC=O)N(CCC(C)(C)CC=O)C(N)=S. The Morgan fingerprint density at radius 3 is 2.04 bits per heavy atom. The molecule has 8 heteroatoms. The van der Waals surface area contributed by atoms with E-state index in [1.54, 1.807) is 0 Å². The lowest BCUT2D eigenvalue weighted by Crippen LogP contribution is -2.55. The van der Waals surface area contributed by atoms with Crippen LogP contribution < -0.4 is 16.4 Å². The Hall–Kier alpha value is -1.28. The van der Waals surface area contributed by atoms with Gasteiger partial charge in [0.25, 0.3) is 0 Å². The normalized spacial score (nSPS) is 12.8. The summed E-state index contributed by atoms with van der Waals surface area (Å²) in [6.45, 7) is 11.6.